The van der Waals surface area contributed by atoms with E-state index >= 15 is 0 Å². The van der Waals surface area contributed by atoms with Crippen molar-refractivity contribution in [2.45, 2.75) is 22.6 Å². The number of rotatable bonds is 6. The number of amides is 1. The minimum Gasteiger partial charge on any atom is -0.326 e. The molecule has 2 heterocycles. The predicted octanol–water partition coefficient (Wildman–Crippen LogP) is 1.66. The molecule has 2 fully saturated rings. The Hall–Kier alpha value is -2.31. The van der Waals surface area contributed by atoms with Gasteiger partial charge in [0.15, 0.2) is 0 Å². The molecule has 0 aliphatic carbocycles. The van der Waals surface area contributed by atoms with Crippen LogP contribution >= 0.6 is 0 Å². The Morgan fingerprint density at radius 3 is 2.03 bits per heavy atom. The van der Waals surface area contributed by atoms with E-state index in [4.69, 9.17) is 0 Å². The van der Waals surface area contributed by atoms with Crippen molar-refractivity contribution in [2.75, 3.05) is 51.6 Å². The molecule has 2 saturated heterocycles. The van der Waals surface area contributed by atoms with Crippen LogP contribution in [0.3, 0.4) is 0 Å². The first kappa shape index (κ1) is 24.8. The van der Waals surface area contributed by atoms with Gasteiger partial charge in [-0.3, -0.25) is 4.79 Å². The molecule has 0 radical (unpaired) electrons. The molecule has 2 aliphatic heterocycles. The van der Waals surface area contributed by atoms with Crippen LogP contribution in [0.4, 0.5) is 5.69 Å². The van der Waals surface area contributed by atoms with Gasteiger partial charge in [0.1, 0.15) is 0 Å². The minimum atomic E-state index is -3.66. The fourth-order valence-electron chi connectivity index (χ4n) is 4.25. The second-order valence-electron chi connectivity index (χ2n) is 8.74. The predicted molar refractivity (Wildman–Crippen MR) is 129 cm³/mol. The van der Waals surface area contributed by atoms with E-state index < -0.39 is 26.0 Å². The smallest absolute Gasteiger partial charge is 0.243 e. The van der Waals surface area contributed by atoms with Crippen LogP contribution in [0.5, 0.6) is 0 Å². The second kappa shape index (κ2) is 10.1. The summed E-state index contributed by atoms with van der Waals surface area (Å²) in [5, 5.41) is 2.81. The van der Waals surface area contributed by atoms with E-state index in [1.165, 1.54) is 20.7 Å². The molecular weight excluding hydrogens is 476 g/mol. The standard InChI is InChI=1S/C23H30N4O5S2/c1-25-14-16-26(17-15-25)33(29,30)22-11-9-20(10-12-22)24-23(28)19-6-5-13-27(18-19)34(31,32)21-7-3-2-4-8-21/h2-4,7-12,19H,5-6,13-18H2,1H3,(H,24,28). The van der Waals surface area contributed by atoms with E-state index in [1.54, 1.807) is 42.5 Å². The first-order valence-corrected chi connectivity index (χ1v) is 14.2. The Balaban J connectivity index is 1.40. The van der Waals surface area contributed by atoms with Crippen LogP contribution < -0.4 is 5.32 Å². The molecule has 0 spiro atoms. The fraction of sp³-hybridized carbons (Fsp3) is 0.435. The number of carbonyl (C=O) groups excluding carboxylic acids is 1. The van der Waals surface area contributed by atoms with Crippen LogP contribution in [-0.2, 0) is 24.8 Å². The molecule has 0 saturated carbocycles. The van der Waals surface area contributed by atoms with Crippen molar-refractivity contribution in [1.82, 2.24) is 13.5 Å². The molecule has 2 aromatic carbocycles. The summed E-state index contributed by atoms with van der Waals surface area (Å²) in [5.74, 6) is -0.761. The highest BCUT2D eigenvalue weighted by Crippen LogP contribution is 2.25. The van der Waals surface area contributed by atoms with Crippen molar-refractivity contribution < 1.29 is 21.6 Å². The van der Waals surface area contributed by atoms with Gasteiger partial charge in [0.25, 0.3) is 0 Å². The van der Waals surface area contributed by atoms with E-state index in [1.807, 2.05) is 7.05 Å². The number of piperazine rings is 1. The SMILES string of the molecule is CN1CCN(S(=O)(=O)c2ccc(NC(=O)C3CCCN(S(=O)(=O)c4ccccc4)C3)cc2)CC1. The molecule has 0 aromatic heterocycles. The zero-order valence-electron chi connectivity index (χ0n) is 19.1. The zero-order valence-corrected chi connectivity index (χ0v) is 20.8. The van der Waals surface area contributed by atoms with Gasteiger partial charge >= 0.3 is 0 Å². The van der Waals surface area contributed by atoms with Crippen molar-refractivity contribution >= 4 is 31.6 Å². The van der Waals surface area contributed by atoms with Gasteiger partial charge in [-0.2, -0.15) is 8.61 Å². The number of sulfonamides is 2. The van der Waals surface area contributed by atoms with Crippen LogP contribution in [0.1, 0.15) is 12.8 Å². The highest BCUT2D eigenvalue weighted by molar-refractivity contribution is 7.89. The van der Waals surface area contributed by atoms with E-state index in [-0.39, 0.29) is 22.2 Å². The van der Waals surface area contributed by atoms with Gasteiger partial charge in [-0.25, -0.2) is 16.8 Å². The number of anilines is 1. The van der Waals surface area contributed by atoms with Crippen LogP contribution in [0.15, 0.2) is 64.4 Å². The van der Waals surface area contributed by atoms with Gasteiger partial charge in [-0.15, -0.1) is 0 Å². The summed E-state index contributed by atoms with van der Waals surface area (Å²) in [6.45, 7) is 2.75. The lowest BCUT2D eigenvalue weighted by Crippen LogP contribution is -2.47. The lowest BCUT2D eigenvalue weighted by Gasteiger charge is -2.31. The summed E-state index contributed by atoms with van der Waals surface area (Å²) in [6.07, 6.45) is 1.18. The Labute approximate surface area is 201 Å². The molecule has 1 N–H and O–H groups in total. The molecule has 9 nitrogen and oxygen atoms in total. The van der Waals surface area contributed by atoms with E-state index in [2.05, 4.69) is 10.2 Å². The maximum absolute atomic E-state index is 12.9. The fourth-order valence-corrected chi connectivity index (χ4v) is 7.22. The highest BCUT2D eigenvalue weighted by Gasteiger charge is 2.33. The molecule has 4 rings (SSSR count). The van der Waals surface area contributed by atoms with Crippen LogP contribution in [0, 0.1) is 5.92 Å². The maximum atomic E-state index is 12.9. The summed E-state index contributed by atoms with van der Waals surface area (Å²) < 4.78 is 54.4. The Morgan fingerprint density at radius 2 is 1.38 bits per heavy atom. The summed E-state index contributed by atoms with van der Waals surface area (Å²) in [5.41, 5.74) is 0.477. The minimum absolute atomic E-state index is 0.110. The van der Waals surface area contributed by atoms with E-state index in [9.17, 15) is 21.6 Å². The van der Waals surface area contributed by atoms with Crippen molar-refractivity contribution in [3.05, 3.63) is 54.6 Å². The molecule has 0 bridgehead atoms. The molecule has 34 heavy (non-hydrogen) atoms. The van der Waals surface area contributed by atoms with Gasteiger partial charge in [-0.1, -0.05) is 18.2 Å². The van der Waals surface area contributed by atoms with Gasteiger partial charge in [-0.05, 0) is 56.3 Å². The third-order valence-corrected chi connectivity index (χ3v) is 10.2. The second-order valence-corrected chi connectivity index (χ2v) is 12.6. The molecule has 1 unspecified atom stereocenters. The average Bonchev–Trinajstić information content (AvgIpc) is 2.85. The Kier molecular flexibility index (Phi) is 7.39. The lowest BCUT2D eigenvalue weighted by molar-refractivity contribution is -0.120. The molecule has 1 amide bonds. The largest absolute Gasteiger partial charge is 0.326 e. The monoisotopic (exact) mass is 506 g/mol. The third kappa shape index (κ3) is 5.33. The van der Waals surface area contributed by atoms with Gasteiger partial charge in [0.2, 0.25) is 26.0 Å². The van der Waals surface area contributed by atoms with Crippen molar-refractivity contribution in [3.63, 3.8) is 0 Å². The number of hydrogen-bond acceptors (Lipinski definition) is 6. The third-order valence-electron chi connectivity index (χ3n) is 6.36. The maximum Gasteiger partial charge on any atom is 0.243 e. The normalized spacial score (nSPS) is 21.3. The number of nitrogens with zero attached hydrogens (tertiary/aromatic N) is 3. The van der Waals surface area contributed by atoms with Gasteiger partial charge in [0, 0.05) is 45.0 Å². The highest BCUT2D eigenvalue weighted by atomic mass is 32.2. The molecule has 2 aromatic rings. The summed E-state index contributed by atoms with van der Waals surface area (Å²) >= 11 is 0. The number of benzene rings is 2. The molecule has 11 heteroatoms. The number of carbonyl (C=O) groups is 1. The first-order chi connectivity index (χ1) is 16.2. The summed E-state index contributed by atoms with van der Waals surface area (Å²) in [7, 11) is -5.28. The van der Waals surface area contributed by atoms with E-state index in [0.717, 1.165) is 0 Å². The van der Waals surface area contributed by atoms with Crippen molar-refractivity contribution in [2.24, 2.45) is 5.92 Å². The summed E-state index contributed by atoms with van der Waals surface area (Å²) in [4.78, 5) is 15.4. The van der Waals surface area contributed by atoms with Gasteiger partial charge < -0.3 is 10.2 Å². The molecule has 184 valence electrons. The average molecular weight is 507 g/mol. The van der Waals surface area contributed by atoms with Gasteiger partial charge in [0.05, 0.1) is 15.7 Å². The van der Waals surface area contributed by atoms with Crippen molar-refractivity contribution in [1.29, 1.82) is 0 Å². The van der Waals surface area contributed by atoms with E-state index in [0.29, 0.717) is 51.3 Å². The number of hydrogen-bond donors (Lipinski definition) is 1. The first-order valence-electron chi connectivity index (χ1n) is 11.3. The van der Waals surface area contributed by atoms with Crippen LogP contribution in [0.25, 0.3) is 0 Å². The van der Waals surface area contributed by atoms with Crippen LogP contribution in [-0.4, -0.2) is 82.6 Å². The van der Waals surface area contributed by atoms with Crippen LogP contribution in [0.2, 0.25) is 0 Å². The molecular formula is C23H30N4O5S2. The number of likely N-dealkylation sites (N-methyl/N-ethyl adjacent to an activating group) is 1. The molecule has 2 aliphatic rings. The number of nitrogens with one attached hydrogen (secondary N) is 1. The topological polar surface area (TPSA) is 107 Å². The Bertz CT molecular complexity index is 1210. The number of piperidine rings is 1. The van der Waals surface area contributed by atoms with Crippen molar-refractivity contribution in [3.8, 4) is 0 Å². The lowest BCUT2D eigenvalue weighted by atomic mass is 9.99. The summed E-state index contributed by atoms with van der Waals surface area (Å²) in [6, 6.07) is 14.3. The zero-order chi connectivity index (χ0) is 24.3. The molecule has 1 atom stereocenters. The Morgan fingerprint density at radius 1 is 0.794 bits per heavy atom. The quantitative estimate of drug-likeness (QED) is 0.639.